The molecule has 5 aliphatic rings. The number of hydrogen-bond acceptors (Lipinski definition) is 1. The first kappa shape index (κ1) is 22.2. The topological polar surface area (TPSA) is 17.1 Å². The van der Waals surface area contributed by atoms with E-state index in [2.05, 4.69) is 54.5 Å². The molecule has 0 N–H and O–H groups in total. The van der Waals surface area contributed by atoms with Crippen LogP contribution >= 0.6 is 0 Å². The van der Waals surface area contributed by atoms with Crippen molar-refractivity contribution in [2.24, 2.45) is 56.7 Å². The molecule has 4 unspecified atom stereocenters. The molecule has 0 saturated heterocycles. The molecule has 31 heavy (non-hydrogen) atoms. The molecule has 0 bridgehead atoms. The van der Waals surface area contributed by atoms with Crippen molar-refractivity contribution in [3.8, 4) is 0 Å². The predicted molar refractivity (Wildman–Crippen MR) is 130 cm³/mol. The maximum absolute atomic E-state index is 12.5. The maximum atomic E-state index is 12.5. The van der Waals surface area contributed by atoms with Gasteiger partial charge in [0.15, 0.2) is 0 Å². The van der Waals surface area contributed by atoms with Crippen LogP contribution in [0.4, 0.5) is 0 Å². The second kappa shape index (κ2) is 6.73. The molecule has 0 heterocycles. The number of hydrogen-bond donors (Lipinski definition) is 0. The lowest BCUT2D eigenvalue weighted by Gasteiger charge is -2.70. The van der Waals surface area contributed by atoms with Crippen LogP contribution in [0.25, 0.3) is 0 Å². The van der Waals surface area contributed by atoms with E-state index >= 15 is 0 Å². The first-order chi connectivity index (χ1) is 14.4. The number of carbonyl (C=O) groups is 1. The third-order valence-electron chi connectivity index (χ3n) is 12.9. The fourth-order valence-corrected chi connectivity index (χ4v) is 10.3. The third-order valence-corrected chi connectivity index (χ3v) is 12.9. The van der Waals surface area contributed by atoms with E-state index in [1.54, 1.807) is 5.57 Å². The van der Waals surface area contributed by atoms with Gasteiger partial charge in [0.25, 0.3) is 0 Å². The van der Waals surface area contributed by atoms with Gasteiger partial charge in [-0.25, -0.2) is 0 Å². The summed E-state index contributed by atoms with van der Waals surface area (Å²) in [6, 6.07) is 0. The fraction of sp³-hybridized carbons (Fsp3) is 0.900. The Kier molecular flexibility index (Phi) is 4.82. The van der Waals surface area contributed by atoms with Crippen molar-refractivity contribution < 1.29 is 4.79 Å². The van der Waals surface area contributed by atoms with E-state index in [1.807, 2.05) is 0 Å². The number of aldehydes is 1. The molecule has 4 fully saturated rings. The molecule has 0 spiro atoms. The standard InChI is InChI=1S/C30H48O/c1-20-10-12-27(5)22(21(20)2)11-13-29(7)25(27)9-8-23-24-18-26(3,4)14-16-30(24,19-31)17-15-28(23,29)6/h8,19-22,24-25H,9-18H2,1-7H3/t20-,21?,22-,24?,25?,27?,28+,29-,30+/m0/s1. The zero-order valence-corrected chi connectivity index (χ0v) is 21.5. The molecule has 5 rings (SSSR count). The molecular weight excluding hydrogens is 376 g/mol. The molecule has 5 aliphatic carbocycles. The summed E-state index contributed by atoms with van der Waals surface area (Å²) in [6.07, 6.45) is 16.9. The second-order valence-electron chi connectivity index (χ2n) is 14.5. The SMILES string of the molecule is CC1[C@@H](C)CCC2(C)C3CC=C4C5CC(C)(C)CC[C@]5(C=O)CC[C@@]4(C)[C@@]3(C)CC[C@@H]12. The van der Waals surface area contributed by atoms with Gasteiger partial charge in [0, 0.05) is 5.41 Å². The Morgan fingerprint density at radius 2 is 1.61 bits per heavy atom. The normalized spacial score (nSPS) is 55.7. The van der Waals surface area contributed by atoms with Crippen LogP contribution in [0, 0.1) is 56.7 Å². The second-order valence-corrected chi connectivity index (χ2v) is 14.5. The van der Waals surface area contributed by atoms with E-state index in [0.29, 0.717) is 22.2 Å². The van der Waals surface area contributed by atoms with E-state index < -0.39 is 0 Å². The molecule has 1 nitrogen and oxygen atoms in total. The molecule has 0 aliphatic heterocycles. The average Bonchev–Trinajstić information content (AvgIpc) is 2.71. The fourth-order valence-electron chi connectivity index (χ4n) is 10.3. The van der Waals surface area contributed by atoms with Gasteiger partial charge in [-0.15, -0.1) is 0 Å². The lowest BCUT2D eigenvalue weighted by molar-refractivity contribution is -0.172. The monoisotopic (exact) mass is 424 g/mol. The van der Waals surface area contributed by atoms with Crippen LogP contribution in [0.1, 0.15) is 113 Å². The van der Waals surface area contributed by atoms with E-state index in [1.165, 1.54) is 57.7 Å². The zero-order chi connectivity index (χ0) is 22.4. The smallest absolute Gasteiger partial charge is 0.126 e. The first-order valence-corrected chi connectivity index (χ1v) is 13.6. The molecule has 0 amide bonds. The van der Waals surface area contributed by atoms with Gasteiger partial charge in [-0.3, -0.25) is 0 Å². The van der Waals surface area contributed by atoms with Crippen molar-refractivity contribution in [1.29, 1.82) is 0 Å². The molecule has 0 aromatic heterocycles. The van der Waals surface area contributed by atoms with Gasteiger partial charge < -0.3 is 4.79 Å². The highest BCUT2D eigenvalue weighted by atomic mass is 16.1. The Labute approximate surface area is 192 Å². The highest BCUT2D eigenvalue weighted by Crippen LogP contribution is 2.74. The van der Waals surface area contributed by atoms with Crippen molar-refractivity contribution in [2.45, 2.75) is 113 Å². The number of carbonyl (C=O) groups excluding carboxylic acids is 1. The van der Waals surface area contributed by atoms with Crippen molar-refractivity contribution >= 4 is 6.29 Å². The van der Waals surface area contributed by atoms with Gasteiger partial charge in [-0.1, -0.05) is 60.1 Å². The third kappa shape index (κ3) is 2.76. The van der Waals surface area contributed by atoms with Crippen LogP contribution in [0.15, 0.2) is 11.6 Å². The Morgan fingerprint density at radius 3 is 2.32 bits per heavy atom. The minimum absolute atomic E-state index is 0.0695. The molecule has 0 radical (unpaired) electrons. The Hall–Kier alpha value is -0.590. The van der Waals surface area contributed by atoms with Gasteiger partial charge in [0.2, 0.25) is 0 Å². The molecule has 4 saturated carbocycles. The largest absolute Gasteiger partial charge is 0.303 e. The summed E-state index contributed by atoms with van der Waals surface area (Å²) in [5.41, 5.74) is 3.18. The molecule has 9 atom stereocenters. The van der Waals surface area contributed by atoms with Crippen molar-refractivity contribution in [3.63, 3.8) is 0 Å². The average molecular weight is 425 g/mol. The minimum Gasteiger partial charge on any atom is -0.303 e. The van der Waals surface area contributed by atoms with Crippen LogP contribution < -0.4 is 0 Å². The maximum Gasteiger partial charge on any atom is 0.126 e. The van der Waals surface area contributed by atoms with Crippen LogP contribution in [0.3, 0.4) is 0 Å². The zero-order valence-electron chi connectivity index (χ0n) is 21.5. The summed E-state index contributed by atoms with van der Waals surface area (Å²) in [5.74, 6) is 3.96. The van der Waals surface area contributed by atoms with E-state index in [-0.39, 0.29) is 10.8 Å². The van der Waals surface area contributed by atoms with E-state index in [9.17, 15) is 4.79 Å². The lowest BCUT2D eigenvalue weighted by atomic mass is 9.34. The number of allylic oxidation sites excluding steroid dienone is 2. The Balaban J connectivity index is 1.58. The van der Waals surface area contributed by atoms with Crippen molar-refractivity contribution in [3.05, 3.63) is 11.6 Å². The van der Waals surface area contributed by atoms with Crippen LogP contribution in [-0.4, -0.2) is 6.29 Å². The first-order valence-electron chi connectivity index (χ1n) is 13.6. The molecule has 1 heteroatoms. The quantitative estimate of drug-likeness (QED) is 0.306. The van der Waals surface area contributed by atoms with Gasteiger partial charge in [-0.05, 0) is 115 Å². The highest BCUT2D eigenvalue weighted by Gasteiger charge is 2.66. The van der Waals surface area contributed by atoms with Gasteiger partial charge in [-0.2, -0.15) is 0 Å². The van der Waals surface area contributed by atoms with E-state index in [4.69, 9.17) is 0 Å². The molecule has 0 aromatic rings. The van der Waals surface area contributed by atoms with Gasteiger partial charge >= 0.3 is 0 Å². The molecular formula is C30H48O. The van der Waals surface area contributed by atoms with Crippen LogP contribution in [0.5, 0.6) is 0 Å². The number of rotatable bonds is 1. The molecule has 174 valence electrons. The Morgan fingerprint density at radius 1 is 0.903 bits per heavy atom. The minimum atomic E-state index is -0.0695. The summed E-state index contributed by atoms with van der Waals surface area (Å²) >= 11 is 0. The summed E-state index contributed by atoms with van der Waals surface area (Å²) in [4.78, 5) is 12.5. The van der Waals surface area contributed by atoms with Crippen LogP contribution in [0.2, 0.25) is 0 Å². The summed E-state index contributed by atoms with van der Waals surface area (Å²) in [6.45, 7) is 18.0. The summed E-state index contributed by atoms with van der Waals surface area (Å²) in [5, 5.41) is 0. The number of fused-ring (bicyclic) bond motifs is 7. The van der Waals surface area contributed by atoms with Crippen molar-refractivity contribution in [1.82, 2.24) is 0 Å². The van der Waals surface area contributed by atoms with E-state index in [0.717, 1.165) is 36.5 Å². The predicted octanol–water partition coefficient (Wildman–Crippen LogP) is 8.23. The van der Waals surface area contributed by atoms with Gasteiger partial charge in [0.1, 0.15) is 6.29 Å². The summed E-state index contributed by atoms with van der Waals surface area (Å²) < 4.78 is 0. The van der Waals surface area contributed by atoms with Gasteiger partial charge in [0.05, 0.1) is 0 Å². The lowest BCUT2D eigenvalue weighted by Crippen LogP contribution is -2.62. The highest BCUT2D eigenvalue weighted by molar-refractivity contribution is 5.63. The Bertz CT molecular complexity index is 792. The molecule has 0 aromatic carbocycles. The van der Waals surface area contributed by atoms with Crippen LogP contribution in [-0.2, 0) is 4.79 Å². The summed E-state index contributed by atoms with van der Waals surface area (Å²) in [7, 11) is 0. The van der Waals surface area contributed by atoms with Crippen molar-refractivity contribution in [2.75, 3.05) is 0 Å².